The zero-order chi connectivity index (χ0) is 24.1. The van der Waals surface area contributed by atoms with Crippen molar-refractivity contribution in [1.29, 1.82) is 0 Å². The van der Waals surface area contributed by atoms with Crippen molar-refractivity contribution in [3.8, 4) is 17.0 Å². The summed E-state index contributed by atoms with van der Waals surface area (Å²) < 4.78 is 5.60. The molecular weight excluding hydrogens is 457 g/mol. The topological polar surface area (TPSA) is 57.4 Å². The molecular formula is C26H31Cl2N3O2. The molecule has 1 aromatic heterocycles. The van der Waals surface area contributed by atoms with E-state index in [9.17, 15) is 4.79 Å². The summed E-state index contributed by atoms with van der Waals surface area (Å²) in [7, 11) is 3.74. The van der Waals surface area contributed by atoms with Gasteiger partial charge in [0.2, 0.25) is 0 Å². The average molecular weight is 488 g/mol. The lowest BCUT2D eigenvalue weighted by atomic mass is 9.77. The van der Waals surface area contributed by atoms with Gasteiger partial charge < -0.3 is 15.0 Å². The van der Waals surface area contributed by atoms with Crippen molar-refractivity contribution in [2.75, 3.05) is 14.2 Å². The molecule has 1 fully saturated rings. The molecule has 5 nitrogen and oxygen atoms in total. The van der Waals surface area contributed by atoms with E-state index in [1.807, 2.05) is 36.4 Å². The maximum atomic E-state index is 13.2. The first-order valence-electron chi connectivity index (χ1n) is 11.1. The summed E-state index contributed by atoms with van der Waals surface area (Å²) in [5.74, 6) is 0.418. The Hall–Kier alpha value is -2.21. The summed E-state index contributed by atoms with van der Waals surface area (Å²) in [5, 5.41) is 5.23. The molecule has 0 radical (unpaired) electrons. The van der Waals surface area contributed by atoms with Crippen molar-refractivity contribution < 1.29 is 9.53 Å². The zero-order valence-electron chi connectivity index (χ0n) is 20.0. The highest BCUT2D eigenvalue weighted by Gasteiger charge is 2.43. The maximum Gasteiger partial charge on any atom is 0.255 e. The lowest BCUT2D eigenvalue weighted by molar-refractivity contribution is -0.0169. The molecule has 0 unspecified atom stereocenters. The molecule has 0 saturated carbocycles. The van der Waals surface area contributed by atoms with Crippen LogP contribution in [0.15, 0.2) is 36.4 Å². The third kappa shape index (κ3) is 4.59. The standard InChI is InChI=1S/C26H31Cl2N3O2/c1-25(2)13-17(14-26(3,4)31(25)5)29-24(32)18-8-7-15(11-23(18)33-6)21-10-16-9-19(27)20(28)12-22(16)30-21/h7-12,17,30H,13-14H2,1-6H3,(H,29,32). The minimum atomic E-state index is -0.116. The van der Waals surface area contributed by atoms with Crippen molar-refractivity contribution in [2.24, 2.45) is 0 Å². The minimum Gasteiger partial charge on any atom is -0.496 e. The minimum absolute atomic E-state index is 0.00490. The predicted molar refractivity (Wildman–Crippen MR) is 137 cm³/mol. The van der Waals surface area contributed by atoms with Crippen molar-refractivity contribution in [3.05, 3.63) is 52.0 Å². The number of methoxy groups -OCH3 is 1. The van der Waals surface area contributed by atoms with Crippen LogP contribution in [0.5, 0.6) is 5.75 Å². The molecule has 2 aromatic carbocycles. The van der Waals surface area contributed by atoms with Crippen molar-refractivity contribution >= 4 is 40.0 Å². The Morgan fingerprint density at radius 3 is 2.33 bits per heavy atom. The molecule has 1 aliphatic rings. The highest BCUT2D eigenvalue weighted by Crippen LogP contribution is 2.37. The van der Waals surface area contributed by atoms with E-state index in [-0.39, 0.29) is 23.0 Å². The van der Waals surface area contributed by atoms with Gasteiger partial charge in [0.15, 0.2) is 0 Å². The van der Waals surface area contributed by atoms with Crippen LogP contribution in [-0.2, 0) is 0 Å². The molecule has 3 aromatic rings. The third-order valence-corrected chi connectivity index (χ3v) is 7.78. The Morgan fingerprint density at radius 2 is 1.70 bits per heavy atom. The molecule has 4 rings (SSSR count). The number of aromatic amines is 1. The molecule has 0 atom stereocenters. The molecule has 33 heavy (non-hydrogen) atoms. The number of halogens is 2. The molecule has 1 saturated heterocycles. The Labute approximate surface area is 205 Å². The second kappa shape index (κ2) is 8.53. The number of nitrogens with zero attached hydrogens (tertiary/aromatic N) is 1. The molecule has 1 amide bonds. The third-order valence-electron chi connectivity index (χ3n) is 7.06. The number of hydrogen-bond donors (Lipinski definition) is 2. The van der Waals surface area contributed by atoms with Crippen LogP contribution in [-0.4, -0.2) is 47.1 Å². The van der Waals surface area contributed by atoms with Gasteiger partial charge in [-0.25, -0.2) is 0 Å². The van der Waals surface area contributed by atoms with Crippen LogP contribution < -0.4 is 10.1 Å². The van der Waals surface area contributed by atoms with Gasteiger partial charge in [-0.3, -0.25) is 9.69 Å². The van der Waals surface area contributed by atoms with Gasteiger partial charge >= 0.3 is 0 Å². The lowest BCUT2D eigenvalue weighted by Gasteiger charge is -2.53. The molecule has 0 bridgehead atoms. The molecule has 2 N–H and O–H groups in total. The van der Waals surface area contributed by atoms with Crippen LogP contribution in [0.1, 0.15) is 50.9 Å². The number of nitrogens with one attached hydrogen (secondary N) is 2. The maximum absolute atomic E-state index is 13.2. The number of amides is 1. The number of piperidine rings is 1. The Bertz CT molecular complexity index is 1160. The molecule has 1 aliphatic heterocycles. The number of likely N-dealkylation sites (tertiary alicyclic amines) is 1. The van der Waals surface area contributed by atoms with Crippen molar-refractivity contribution in [2.45, 2.75) is 57.7 Å². The first-order valence-corrected chi connectivity index (χ1v) is 11.9. The number of fused-ring (bicyclic) bond motifs is 1. The molecule has 0 aliphatic carbocycles. The Morgan fingerprint density at radius 1 is 1.06 bits per heavy atom. The van der Waals surface area contributed by atoms with Crippen molar-refractivity contribution in [3.63, 3.8) is 0 Å². The number of H-pyrrole nitrogens is 1. The van der Waals surface area contributed by atoms with Crippen LogP contribution in [0.3, 0.4) is 0 Å². The largest absolute Gasteiger partial charge is 0.496 e. The number of benzene rings is 2. The quantitative estimate of drug-likeness (QED) is 0.439. The fraction of sp³-hybridized carbons (Fsp3) is 0.423. The number of carbonyl (C=O) groups is 1. The van der Waals surface area contributed by atoms with E-state index in [4.69, 9.17) is 27.9 Å². The monoisotopic (exact) mass is 487 g/mol. The lowest BCUT2D eigenvalue weighted by Crippen LogP contribution is -2.62. The summed E-state index contributed by atoms with van der Waals surface area (Å²) >= 11 is 12.3. The van der Waals surface area contributed by atoms with Gasteiger partial charge in [-0.2, -0.15) is 0 Å². The highest BCUT2D eigenvalue weighted by molar-refractivity contribution is 6.42. The summed E-state index contributed by atoms with van der Waals surface area (Å²) in [5.41, 5.74) is 3.22. The first kappa shape index (κ1) is 23.9. The SMILES string of the molecule is COc1cc(-c2cc3cc(Cl)c(Cl)cc3[nH]2)ccc1C(=O)NC1CC(C)(C)N(C)C(C)(C)C1. The van der Waals surface area contributed by atoms with Gasteiger partial charge in [-0.15, -0.1) is 0 Å². The van der Waals surface area contributed by atoms with Gasteiger partial charge in [0.1, 0.15) is 5.75 Å². The van der Waals surface area contributed by atoms with Crippen LogP contribution in [0.25, 0.3) is 22.2 Å². The smallest absolute Gasteiger partial charge is 0.255 e. The van der Waals surface area contributed by atoms with E-state index in [1.165, 1.54) is 0 Å². The molecule has 2 heterocycles. The van der Waals surface area contributed by atoms with E-state index >= 15 is 0 Å². The zero-order valence-corrected chi connectivity index (χ0v) is 21.5. The van der Waals surface area contributed by atoms with Crippen LogP contribution in [0, 0.1) is 0 Å². The summed E-state index contributed by atoms with van der Waals surface area (Å²) in [6.07, 6.45) is 1.78. The van der Waals surface area contributed by atoms with E-state index in [1.54, 1.807) is 7.11 Å². The van der Waals surface area contributed by atoms with Crippen LogP contribution >= 0.6 is 23.2 Å². The molecule has 0 spiro atoms. The van der Waals surface area contributed by atoms with Crippen molar-refractivity contribution in [1.82, 2.24) is 15.2 Å². The molecule has 7 heteroatoms. The average Bonchev–Trinajstić information content (AvgIpc) is 3.14. The predicted octanol–water partition coefficient (Wildman–Crippen LogP) is 6.53. The van der Waals surface area contributed by atoms with Gasteiger partial charge in [0.05, 0.1) is 22.7 Å². The fourth-order valence-corrected chi connectivity index (χ4v) is 5.40. The number of hydrogen-bond acceptors (Lipinski definition) is 3. The van der Waals surface area contributed by atoms with E-state index in [0.717, 1.165) is 35.0 Å². The summed E-state index contributed by atoms with van der Waals surface area (Å²) in [6.45, 7) is 8.90. The van der Waals surface area contributed by atoms with E-state index in [0.29, 0.717) is 21.4 Å². The van der Waals surface area contributed by atoms with Gasteiger partial charge in [-0.05, 0) is 77.9 Å². The Kier molecular flexibility index (Phi) is 6.19. The number of rotatable bonds is 4. The first-order chi connectivity index (χ1) is 15.4. The van der Waals surface area contributed by atoms with E-state index in [2.05, 4.69) is 49.9 Å². The molecule has 176 valence electrons. The van der Waals surface area contributed by atoms with Gasteiger partial charge in [0, 0.05) is 39.3 Å². The normalized spacial score (nSPS) is 18.4. The van der Waals surface area contributed by atoms with Gasteiger partial charge in [-0.1, -0.05) is 29.3 Å². The van der Waals surface area contributed by atoms with Gasteiger partial charge in [0.25, 0.3) is 5.91 Å². The van der Waals surface area contributed by atoms with E-state index < -0.39 is 0 Å². The second-order valence-corrected chi connectivity index (χ2v) is 11.0. The Balaban J connectivity index is 1.59. The van der Waals surface area contributed by atoms with Crippen LogP contribution in [0.4, 0.5) is 0 Å². The number of ether oxygens (including phenoxy) is 1. The second-order valence-electron chi connectivity index (χ2n) is 10.2. The fourth-order valence-electron chi connectivity index (χ4n) is 5.06. The summed E-state index contributed by atoms with van der Waals surface area (Å²) in [4.78, 5) is 19.0. The number of carbonyl (C=O) groups excluding carboxylic acids is 1. The highest BCUT2D eigenvalue weighted by atomic mass is 35.5. The summed E-state index contributed by atoms with van der Waals surface area (Å²) in [6, 6.07) is 11.4. The number of aromatic nitrogens is 1. The van der Waals surface area contributed by atoms with Crippen LogP contribution in [0.2, 0.25) is 10.0 Å².